The van der Waals surface area contributed by atoms with E-state index in [1.54, 1.807) is 6.92 Å². The lowest BCUT2D eigenvalue weighted by molar-refractivity contribution is -0.136. The first-order chi connectivity index (χ1) is 7.54. The number of hydrogen-bond donors (Lipinski definition) is 0. The van der Waals surface area contributed by atoms with Crippen molar-refractivity contribution in [2.45, 2.75) is 32.9 Å². The van der Waals surface area contributed by atoms with Crippen molar-refractivity contribution in [2.75, 3.05) is 26.8 Å². The van der Waals surface area contributed by atoms with E-state index in [1.807, 2.05) is 6.08 Å². The average molecular weight is 227 g/mol. The molecule has 0 saturated carbocycles. The van der Waals surface area contributed by atoms with Gasteiger partial charge in [0, 0.05) is 24.7 Å². The van der Waals surface area contributed by atoms with Gasteiger partial charge in [-0.25, -0.2) is 4.79 Å². The number of ether oxygens (including phenoxy) is 2. The third-order valence-corrected chi connectivity index (χ3v) is 2.88. The van der Waals surface area contributed by atoms with E-state index in [0.29, 0.717) is 11.6 Å². The largest absolute Gasteiger partial charge is 0.466 e. The van der Waals surface area contributed by atoms with Crippen molar-refractivity contribution >= 4 is 5.97 Å². The van der Waals surface area contributed by atoms with Gasteiger partial charge in [-0.1, -0.05) is 6.08 Å². The maximum Gasteiger partial charge on any atom is 0.333 e. The zero-order valence-corrected chi connectivity index (χ0v) is 10.5. The lowest BCUT2D eigenvalue weighted by atomic mass is 10.2. The number of methoxy groups -OCH3 is 1. The van der Waals surface area contributed by atoms with Gasteiger partial charge in [0.05, 0.1) is 19.8 Å². The summed E-state index contributed by atoms with van der Waals surface area (Å²) in [5, 5.41) is 0. The van der Waals surface area contributed by atoms with Crippen molar-refractivity contribution in [1.29, 1.82) is 0 Å². The summed E-state index contributed by atoms with van der Waals surface area (Å²) in [5.74, 6) is -0.256. The fourth-order valence-corrected chi connectivity index (χ4v) is 1.72. The van der Waals surface area contributed by atoms with Crippen LogP contribution >= 0.6 is 0 Å². The summed E-state index contributed by atoms with van der Waals surface area (Å²) in [6.45, 7) is 8.41. The minimum Gasteiger partial charge on any atom is -0.466 e. The molecular formula is C12H21NO3. The highest BCUT2D eigenvalue weighted by Gasteiger charge is 2.22. The minimum atomic E-state index is -0.256. The highest BCUT2D eigenvalue weighted by Crippen LogP contribution is 2.11. The quantitative estimate of drug-likeness (QED) is 0.536. The second kappa shape index (κ2) is 6.01. The van der Waals surface area contributed by atoms with Crippen molar-refractivity contribution in [2.24, 2.45) is 0 Å². The molecule has 0 aromatic carbocycles. The Morgan fingerprint density at radius 2 is 2.25 bits per heavy atom. The number of morpholine rings is 1. The van der Waals surface area contributed by atoms with Crippen LogP contribution in [0.4, 0.5) is 0 Å². The van der Waals surface area contributed by atoms with Gasteiger partial charge in [0.1, 0.15) is 0 Å². The van der Waals surface area contributed by atoms with Crippen molar-refractivity contribution in [3.63, 3.8) is 0 Å². The van der Waals surface area contributed by atoms with Crippen LogP contribution in [-0.2, 0) is 14.3 Å². The molecule has 1 aliphatic rings. The second-order valence-electron chi connectivity index (χ2n) is 4.33. The summed E-state index contributed by atoms with van der Waals surface area (Å²) in [4.78, 5) is 13.5. The van der Waals surface area contributed by atoms with E-state index in [0.717, 1.165) is 19.7 Å². The molecule has 0 amide bonds. The van der Waals surface area contributed by atoms with Crippen LogP contribution < -0.4 is 0 Å². The third-order valence-electron chi connectivity index (χ3n) is 2.88. The molecule has 92 valence electrons. The predicted molar refractivity (Wildman–Crippen MR) is 62.2 cm³/mol. The van der Waals surface area contributed by atoms with E-state index in [-0.39, 0.29) is 12.1 Å². The number of nitrogens with zero attached hydrogens (tertiary/aromatic N) is 1. The SMILES string of the molecule is COC(=O)C(C)=CCN1CC(C)OCC1C. The smallest absolute Gasteiger partial charge is 0.333 e. The molecule has 0 aromatic heterocycles. The maximum atomic E-state index is 11.2. The van der Waals surface area contributed by atoms with Crippen LogP contribution in [0.25, 0.3) is 0 Å². The first-order valence-corrected chi connectivity index (χ1v) is 5.65. The van der Waals surface area contributed by atoms with Crippen LogP contribution in [-0.4, -0.2) is 49.8 Å². The number of rotatable bonds is 3. The topological polar surface area (TPSA) is 38.8 Å². The summed E-state index contributed by atoms with van der Waals surface area (Å²) in [6, 6.07) is 0.401. The molecule has 2 atom stereocenters. The molecule has 2 unspecified atom stereocenters. The van der Waals surface area contributed by atoms with Gasteiger partial charge in [0.25, 0.3) is 0 Å². The molecule has 16 heavy (non-hydrogen) atoms. The lowest BCUT2D eigenvalue weighted by Gasteiger charge is -2.36. The average Bonchev–Trinajstić information content (AvgIpc) is 2.28. The monoisotopic (exact) mass is 227 g/mol. The maximum absolute atomic E-state index is 11.2. The van der Waals surface area contributed by atoms with E-state index in [1.165, 1.54) is 7.11 Å². The summed E-state index contributed by atoms with van der Waals surface area (Å²) >= 11 is 0. The predicted octanol–water partition coefficient (Wildman–Crippen LogP) is 1.21. The fourth-order valence-electron chi connectivity index (χ4n) is 1.72. The number of carbonyl (C=O) groups excluding carboxylic acids is 1. The standard InChI is InChI=1S/C12H21NO3/c1-9(12(14)15-4)5-6-13-7-11(3)16-8-10(13)2/h5,10-11H,6-8H2,1-4H3. The summed E-state index contributed by atoms with van der Waals surface area (Å²) < 4.78 is 10.2. The molecule has 0 aliphatic carbocycles. The van der Waals surface area contributed by atoms with Crippen LogP contribution in [0.5, 0.6) is 0 Å². The van der Waals surface area contributed by atoms with Gasteiger partial charge in [-0.3, -0.25) is 4.90 Å². The normalized spacial score (nSPS) is 27.9. The Labute approximate surface area is 97.2 Å². The van der Waals surface area contributed by atoms with E-state index < -0.39 is 0 Å². The Hall–Kier alpha value is -0.870. The van der Waals surface area contributed by atoms with E-state index >= 15 is 0 Å². The molecule has 4 nitrogen and oxygen atoms in total. The molecule has 1 fully saturated rings. The van der Waals surface area contributed by atoms with E-state index in [2.05, 4.69) is 23.5 Å². The van der Waals surface area contributed by atoms with Gasteiger partial charge < -0.3 is 9.47 Å². The molecule has 0 N–H and O–H groups in total. The summed E-state index contributed by atoms with van der Waals surface area (Å²) in [6.07, 6.45) is 2.18. The van der Waals surface area contributed by atoms with Crippen LogP contribution in [0.2, 0.25) is 0 Å². The van der Waals surface area contributed by atoms with Crippen molar-refractivity contribution in [3.8, 4) is 0 Å². The summed E-state index contributed by atoms with van der Waals surface area (Å²) in [7, 11) is 1.40. The van der Waals surface area contributed by atoms with Crippen LogP contribution in [0, 0.1) is 0 Å². The van der Waals surface area contributed by atoms with Crippen LogP contribution in [0.1, 0.15) is 20.8 Å². The lowest BCUT2D eigenvalue weighted by Crippen LogP contribution is -2.47. The molecule has 1 saturated heterocycles. The zero-order valence-electron chi connectivity index (χ0n) is 10.5. The Kier molecular flexibility index (Phi) is 4.96. The van der Waals surface area contributed by atoms with Crippen LogP contribution in [0.3, 0.4) is 0 Å². The second-order valence-corrected chi connectivity index (χ2v) is 4.33. The molecule has 0 bridgehead atoms. The summed E-state index contributed by atoms with van der Waals surface area (Å²) in [5.41, 5.74) is 0.661. The van der Waals surface area contributed by atoms with Gasteiger partial charge >= 0.3 is 5.97 Å². The number of carbonyl (C=O) groups is 1. The van der Waals surface area contributed by atoms with Gasteiger partial charge in [-0.2, -0.15) is 0 Å². The number of hydrogen-bond acceptors (Lipinski definition) is 4. The Balaban J connectivity index is 2.49. The van der Waals surface area contributed by atoms with Crippen molar-refractivity contribution in [3.05, 3.63) is 11.6 Å². The highest BCUT2D eigenvalue weighted by atomic mass is 16.5. The molecule has 1 aliphatic heterocycles. The Morgan fingerprint density at radius 1 is 1.56 bits per heavy atom. The van der Waals surface area contributed by atoms with Gasteiger partial charge in [-0.05, 0) is 20.8 Å². The molecule has 0 spiro atoms. The van der Waals surface area contributed by atoms with Crippen molar-refractivity contribution in [1.82, 2.24) is 4.90 Å². The van der Waals surface area contributed by atoms with E-state index in [4.69, 9.17) is 4.74 Å². The third kappa shape index (κ3) is 3.61. The first-order valence-electron chi connectivity index (χ1n) is 5.65. The van der Waals surface area contributed by atoms with E-state index in [9.17, 15) is 4.79 Å². The molecule has 1 heterocycles. The fraction of sp³-hybridized carbons (Fsp3) is 0.750. The Morgan fingerprint density at radius 3 is 2.88 bits per heavy atom. The molecule has 0 radical (unpaired) electrons. The zero-order chi connectivity index (χ0) is 12.1. The van der Waals surface area contributed by atoms with Gasteiger partial charge in [0.15, 0.2) is 0 Å². The van der Waals surface area contributed by atoms with Gasteiger partial charge in [0.2, 0.25) is 0 Å². The Bertz CT molecular complexity index is 275. The highest BCUT2D eigenvalue weighted by molar-refractivity contribution is 5.87. The first kappa shape index (κ1) is 13.2. The number of esters is 1. The molecular weight excluding hydrogens is 206 g/mol. The molecule has 1 rings (SSSR count). The van der Waals surface area contributed by atoms with Crippen LogP contribution in [0.15, 0.2) is 11.6 Å². The van der Waals surface area contributed by atoms with Crippen molar-refractivity contribution < 1.29 is 14.3 Å². The molecule has 0 aromatic rings. The minimum absolute atomic E-state index is 0.256. The molecule has 4 heteroatoms. The van der Waals surface area contributed by atoms with Gasteiger partial charge in [-0.15, -0.1) is 0 Å².